The molecule has 1 fully saturated rings. The van der Waals surface area contributed by atoms with Gasteiger partial charge in [-0.25, -0.2) is 4.39 Å². The first-order valence-corrected chi connectivity index (χ1v) is 7.02. The van der Waals surface area contributed by atoms with Crippen molar-refractivity contribution in [2.75, 3.05) is 7.11 Å². The summed E-state index contributed by atoms with van der Waals surface area (Å²) in [6, 6.07) is 4.57. The molecule has 0 spiro atoms. The second-order valence-corrected chi connectivity index (χ2v) is 5.40. The van der Waals surface area contributed by atoms with Crippen LogP contribution in [0.15, 0.2) is 28.4 Å². The van der Waals surface area contributed by atoms with Crippen molar-refractivity contribution in [3.63, 3.8) is 0 Å². The maximum absolute atomic E-state index is 13.8. The van der Waals surface area contributed by atoms with Gasteiger partial charge in [-0.15, -0.1) is 5.10 Å². The second-order valence-electron chi connectivity index (χ2n) is 4.21. The Hall–Kier alpha value is -2.42. The van der Waals surface area contributed by atoms with E-state index in [4.69, 9.17) is 9.84 Å². The first-order chi connectivity index (χ1) is 10.5. The van der Waals surface area contributed by atoms with Gasteiger partial charge in [0, 0.05) is 5.56 Å². The van der Waals surface area contributed by atoms with Crippen LogP contribution in [0.1, 0.15) is 12.0 Å². The number of methoxy groups -OCH3 is 1. The largest absolute Gasteiger partial charge is 0.494 e. The van der Waals surface area contributed by atoms with E-state index >= 15 is 0 Å². The van der Waals surface area contributed by atoms with E-state index in [1.807, 2.05) is 0 Å². The lowest BCUT2D eigenvalue weighted by atomic mass is 10.2. The molecule has 1 heterocycles. The third-order valence-corrected chi connectivity index (χ3v) is 3.77. The van der Waals surface area contributed by atoms with E-state index in [1.54, 1.807) is 6.07 Å². The zero-order chi connectivity index (χ0) is 16.1. The van der Waals surface area contributed by atoms with Gasteiger partial charge in [-0.2, -0.15) is 5.10 Å². The number of hydrogen-bond donors (Lipinski definition) is 2. The second kappa shape index (κ2) is 7.03. The molecule has 1 aliphatic heterocycles. The molecule has 116 valence electrons. The molecule has 1 aliphatic rings. The number of benzene rings is 1. The maximum atomic E-state index is 13.8. The topological polar surface area (TPSA) is 100 Å². The quantitative estimate of drug-likeness (QED) is 0.626. The van der Waals surface area contributed by atoms with Crippen LogP contribution in [0.25, 0.3) is 0 Å². The number of thioether (sulfide) groups is 1. The summed E-state index contributed by atoms with van der Waals surface area (Å²) in [5, 5.41) is 18.0. The fourth-order valence-corrected chi connectivity index (χ4v) is 2.59. The van der Waals surface area contributed by atoms with Gasteiger partial charge < -0.3 is 15.2 Å². The van der Waals surface area contributed by atoms with Crippen molar-refractivity contribution in [1.82, 2.24) is 5.32 Å². The normalized spacial score (nSPS) is 19.6. The summed E-state index contributed by atoms with van der Waals surface area (Å²) in [5.41, 5.74) is 0.181. The molecule has 0 aliphatic carbocycles. The minimum atomic E-state index is -1.07. The lowest BCUT2D eigenvalue weighted by molar-refractivity contribution is -0.138. The summed E-state index contributed by atoms with van der Waals surface area (Å²) in [6.45, 7) is 0. The highest BCUT2D eigenvalue weighted by Gasteiger charge is 2.32. The van der Waals surface area contributed by atoms with Gasteiger partial charge in [0.05, 0.1) is 19.7 Å². The van der Waals surface area contributed by atoms with E-state index in [2.05, 4.69) is 15.5 Å². The van der Waals surface area contributed by atoms with E-state index in [1.165, 1.54) is 25.5 Å². The highest BCUT2D eigenvalue weighted by molar-refractivity contribution is 8.15. The Morgan fingerprint density at radius 3 is 3.05 bits per heavy atom. The molecule has 1 aromatic carbocycles. The summed E-state index contributed by atoms with van der Waals surface area (Å²) < 4.78 is 18.7. The number of rotatable bonds is 5. The molecule has 1 unspecified atom stereocenters. The van der Waals surface area contributed by atoms with Crippen LogP contribution in [0, 0.1) is 5.82 Å². The van der Waals surface area contributed by atoms with Crippen molar-refractivity contribution < 1.29 is 23.8 Å². The van der Waals surface area contributed by atoms with Gasteiger partial charge in [0.1, 0.15) is 5.25 Å². The Morgan fingerprint density at radius 1 is 1.59 bits per heavy atom. The number of carbonyl (C=O) groups is 2. The average molecular weight is 325 g/mol. The number of carbonyl (C=O) groups excluding carboxylic acids is 1. The van der Waals surface area contributed by atoms with Crippen LogP contribution in [0.2, 0.25) is 0 Å². The molecule has 0 radical (unpaired) electrons. The van der Waals surface area contributed by atoms with Crippen LogP contribution in [0.3, 0.4) is 0 Å². The third kappa shape index (κ3) is 3.82. The lowest BCUT2D eigenvalue weighted by Crippen LogP contribution is -2.26. The molecule has 1 atom stereocenters. The molecule has 9 heteroatoms. The minimum absolute atomic E-state index is 0.0849. The molecule has 0 aromatic heterocycles. The number of ether oxygens (including phenoxy) is 1. The van der Waals surface area contributed by atoms with E-state index in [9.17, 15) is 14.0 Å². The molecule has 0 bridgehead atoms. The van der Waals surface area contributed by atoms with Gasteiger partial charge in [-0.05, 0) is 6.07 Å². The lowest BCUT2D eigenvalue weighted by Gasteiger charge is -2.02. The average Bonchev–Trinajstić information content (AvgIpc) is 2.80. The molecule has 22 heavy (non-hydrogen) atoms. The molecule has 0 saturated carbocycles. The molecule has 1 saturated heterocycles. The molecule has 2 rings (SSSR count). The number of amides is 1. The van der Waals surface area contributed by atoms with E-state index in [0.29, 0.717) is 0 Å². The summed E-state index contributed by atoms with van der Waals surface area (Å²) in [5.74, 6) is -1.99. The fourth-order valence-electron chi connectivity index (χ4n) is 1.67. The van der Waals surface area contributed by atoms with E-state index in [-0.39, 0.29) is 22.9 Å². The first-order valence-electron chi connectivity index (χ1n) is 6.14. The number of nitrogens with zero attached hydrogens (tertiary/aromatic N) is 2. The van der Waals surface area contributed by atoms with Crippen LogP contribution in [0.5, 0.6) is 5.75 Å². The number of aliphatic carboxylic acids is 1. The molecule has 1 amide bonds. The third-order valence-electron chi connectivity index (χ3n) is 2.69. The summed E-state index contributed by atoms with van der Waals surface area (Å²) in [7, 11) is 1.35. The van der Waals surface area contributed by atoms with Crippen molar-refractivity contribution in [3.05, 3.63) is 29.6 Å². The number of carboxylic acids is 1. The van der Waals surface area contributed by atoms with Crippen LogP contribution >= 0.6 is 11.8 Å². The van der Waals surface area contributed by atoms with E-state index in [0.717, 1.165) is 11.8 Å². The standard InChI is InChI=1S/C13H12FN3O4S/c1-21-8-4-2-3-7(11(8)14)6-15-17-13-16-12(20)9(22-13)5-10(18)19/h2-4,6,9H,5H2,1H3,(H,18,19)(H,16,17,20). The van der Waals surface area contributed by atoms with Gasteiger partial charge in [0.15, 0.2) is 16.7 Å². The predicted octanol–water partition coefficient (Wildman–Crippen LogP) is 1.23. The fraction of sp³-hybridized carbons (Fsp3) is 0.231. The zero-order valence-corrected chi connectivity index (χ0v) is 12.3. The molecule has 2 N–H and O–H groups in total. The van der Waals surface area contributed by atoms with Crippen LogP contribution in [-0.4, -0.2) is 40.7 Å². The van der Waals surface area contributed by atoms with Crippen LogP contribution in [-0.2, 0) is 9.59 Å². The highest BCUT2D eigenvalue weighted by Crippen LogP contribution is 2.22. The Bertz CT molecular complexity index is 663. The molecule has 7 nitrogen and oxygen atoms in total. The van der Waals surface area contributed by atoms with Crippen LogP contribution < -0.4 is 10.1 Å². The zero-order valence-electron chi connectivity index (χ0n) is 11.4. The summed E-state index contributed by atoms with van der Waals surface area (Å²) in [4.78, 5) is 22.1. The number of amidine groups is 1. The molecular weight excluding hydrogens is 313 g/mol. The van der Waals surface area contributed by atoms with E-state index < -0.39 is 22.9 Å². The number of hydrogen-bond acceptors (Lipinski definition) is 6. The molecule has 1 aromatic rings. The van der Waals surface area contributed by atoms with Crippen molar-refractivity contribution in [2.45, 2.75) is 11.7 Å². The maximum Gasteiger partial charge on any atom is 0.305 e. The molecular formula is C13H12FN3O4S. The first kappa shape index (κ1) is 16.0. The SMILES string of the molecule is COc1cccc(C=NN=C2NC(=O)C(CC(=O)O)S2)c1F. The van der Waals surface area contributed by atoms with Gasteiger partial charge in [-0.3, -0.25) is 9.59 Å². The van der Waals surface area contributed by atoms with Gasteiger partial charge in [0.25, 0.3) is 0 Å². The Morgan fingerprint density at radius 2 is 2.36 bits per heavy atom. The van der Waals surface area contributed by atoms with Gasteiger partial charge in [-0.1, -0.05) is 23.9 Å². The summed E-state index contributed by atoms with van der Waals surface area (Å²) >= 11 is 0.970. The monoisotopic (exact) mass is 325 g/mol. The Balaban J connectivity index is 2.06. The minimum Gasteiger partial charge on any atom is -0.494 e. The van der Waals surface area contributed by atoms with Crippen molar-refractivity contribution >= 4 is 35.0 Å². The van der Waals surface area contributed by atoms with Crippen molar-refractivity contribution in [3.8, 4) is 5.75 Å². The number of nitrogens with one attached hydrogen (secondary N) is 1. The smallest absolute Gasteiger partial charge is 0.305 e. The summed E-state index contributed by atoms with van der Waals surface area (Å²) in [6.07, 6.45) is 0.881. The number of carboxylic acid groups (broad SMARTS) is 1. The van der Waals surface area contributed by atoms with Crippen molar-refractivity contribution in [2.24, 2.45) is 10.2 Å². The Kier molecular flexibility index (Phi) is 5.10. The highest BCUT2D eigenvalue weighted by atomic mass is 32.2. The number of halogens is 1. The predicted molar refractivity (Wildman–Crippen MR) is 79.8 cm³/mol. The van der Waals surface area contributed by atoms with Crippen LogP contribution in [0.4, 0.5) is 4.39 Å². The Labute approximate surface area is 129 Å². The van der Waals surface area contributed by atoms with Gasteiger partial charge in [0.2, 0.25) is 5.91 Å². The van der Waals surface area contributed by atoms with Crippen molar-refractivity contribution in [1.29, 1.82) is 0 Å². The van der Waals surface area contributed by atoms with Gasteiger partial charge >= 0.3 is 5.97 Å².